The van der Waals surface area contributed by atoms with Gasteiger partial charge in [0.2, 0.25) is 5.91 Å². The summed E-state index contributed by atoms with van der Waals surface area (Å²) in [4.78, 5) is 13.6. The number of nitrogen functional groups attached to an aromatic ring is 1. The van der Waals surface area contributed by atoms with Crippen molar-refractivity contribution in [2.75, 3.05) is 5.73 Å². The zero-order chi connectivity index (χ0) is 25.7. The van der Waals surface area contributed by atoms with Crippen molar-refractivity contribution >= 4 is 39.7 Å². The van der Waals surface area contributed by atoms with E-state index in [1.165, 1.54) is 11.8 Å². The molecule has 0 aliphatic rings. The van der Waals surface area contributed by atoms with Crippen molar-refractivity contribution in [3.63, 3.8) is 0 Å². The van der Waals surface area contributed by atoms with Crippen LogP contribution in [-0.4, -0.2) is 5.91 Å². The van der Waals surface area contributed by atoms with Gasteiger partial charge < -0.3 is 11.1 Å². The van der Waals surface area contributed by atoms with Gasteiger partial charge in [0, 0.05) is 11.6 Å². The average molecular weight is 493 g/mol. The maximum atomic E-state index is 13.6. The summed E-state index contributed by atoms with van der Waals surface area (Å²) in [6, 6.07) is 32.5. The fourth-order valence-electron chi connectivity index (χ4n) is 4.63. The van der Waals surface area contributed by atoms with Crippen molar-refractivity contribution < 1.29 is 4.79 Å². The molecule has 0 atom stereocenters. The number of rotatable bonds is 8. The molecule has 4 aromatic carbocycles. The molecular formula is C32H32N2OS. The fraction of sp³-hybridized carbons (Fsp3) is 0.156. The minimum Gasteiger partial charge on any atom is -0.399 e. The Balaban J connectivity index is 1.52. The van der Waals surface area contributed by atoms with Crippen LogP contribution in [0.3, 0.4) is 0 Å². The highest BCUT2D eigenvalue weighted by Crippen LogP contribution is 2.41. The number of hydrogen-bond acceptors (Lipinski definition) is 3. The molecule has 36 heavy (non-hydrogen) atoms. The minimum atomic E-state index is -0.708. The van der Waals surface area contributed by atoms with E-state index >= 15 is 0 Å². The minimum absolute atomic E-state index is 0.0654. The van der Waals surface area contributed by atoms with Crippen LogP contribution < -0.4 is 11.1 Å². The number of allylic oxidation sites excluding steroid dienone is 1. The van der Waals surface area contributed by atoms with Gasteiger partial charge in [-0.3, -0.25) is 4.79 Å². The summed E-state index contributed by atoms with van der Waals surface area (Å²) in [6.45, 7) is 10.2. The van der Waals surface area contributed by atoms with Crippen LogP contribution in [0.15, 0.2) is 114 Å². The molecule has 0 aliphatic heterocycles. The van der Waals surface area contributed by atoms with Gasteiger partial charge in [0.1, 0.15) is 0 Å². The lowest BCUT2D eigenvalue weighted by atomic mass is 9.70. The zero-order valence-corrected chi connectivity index (χ0v) is 21.8. The summed E-state index contributed by atoms with van der Waals surface area (Å²) in [5.41, 5.74) is 10.4. The summed E-state index contributed by atoms with van der Waals surface area (Å²) in [7, 11) is 0. The van der Waals surface area contributed by atoms with Gasteiger partial charge in [0.25, 0.3) is 0 Å². The van der Waals surface area contributed by atoms with Gasteiger partial charge >= 0.3 is 0 Å². The lowest BCUT2D eigenvalue weighted by molar-refractivity contribution is -0.129. The molecule has 0 heterocycles. The van der Waals surface area contributed by atoms with Crippen molar-refractivity contribution in [3.8, 4) is 0 Å². The fourth-order valence-corrected chi connectivity index (χ4v) is 5.23. The number of carbonyl (C=O) groups is 1. The van der Waals surface area contributed by atoms with Crippen LogP contribution >= 0.6 is 11.8 Å². The number of benzene rings is 4. The van der Waals surface area contributed by atoms with Gasteiger partial charge in [-0.15, -0.1) is 0 Å². The molecular weight excluding hydrogens is 460 g/mol. The molecule has 0 aliphatic carbocycles. The third kappa shape index (κ3) is 5.55. The summed E-state index contributed by atoms with van der Waals surface area (Å²) < 4.78 is 0. The van der Waals surface area contributed by atoms with E-state index in [9.17, 15) is 4.79 Å². The molecule has 0 spiro atoms. The van der Waals surface area contributed by atoms with E-state index in [0.29, 0.717) is 5.03 Å². The van der Waals surface area contributed by atoms with E-state index in [1.54, 1.807) is 0 Å². The van der Waals surface area contributed by atoms with E-state index in [1.807, 2.05) is 73.9 Å². The van der Waals surface area contributed by atoms with Gasteiger partial charge in [-0.2, -0.15) is 0 Å². The molecule has 4 aromatic rings. The first kappa shape index (κ1) is 25.3. The lowest BCUT2D eigenvalue weighted by Crippen LogP contribution is -2.40. The van der Waals surface area contributed by atoms with Crippen molar-refractivity contribution in [2.24, 2.45) is 5.41 Å². The van der Waals surface area contributed by atoms with E-state index < -0.39 is 5.41 Å². The maximum Gasteiger partial charge on any atom is 0.231 e. The lowest BCUT2D eigenvalue weighted by Gasteiger charge is -2.34. The number of hydrogen-bond donors (Lipinski definition) is 2. The molecule has 4 heteroatoms. The van der Waals surface area contributed by atoms with Crippen molar-refractivity contribution in [1.82, 2.24) is 5.32 Å². The second kappa shape index (κ2) is 10.9. The maximum absolute atomic E-state index is 13.6. The zero-order valence-electron chi connectivity index (χ0n) is 21.0. The van der Waals surface area contributed by atoms with Crippen LogP contribution in [-0.2, 0) is 4.79 Å². The number of anilines is 1. The first-order valence-electron chi connectivity index (χ1n) is 12.0. The Kier molecular flexibility index (Phi) is 7.66. The normalized spacial score (nSPS) is 12.1. The van der Waals surface area contributed by atoms with Crippen LogP contribution in [0, 0.1) is 5.41 Å². The molecule has 0 saturated heterocycles. The van der Waals surface area contributed by atoms with Crippen molar-refractivity contribution in [2.45, 2.75) is 26.7 Å². The average Bonchev–Trinajstić information content (AvgIpc) is 2.88. The highest BCUT2D eigenvalue weighted by molar-refractivity contribution is 8.05. The third-order valence-electron chi connectivity index (χ3n) is 6.53. The molecule has 0 saturated carbocycles. The molecule has 3 N–H and O–H groups in total. The summed E-state index contributed by atoms with van der Waals surface area (Å²) in [5.74, 6) is -0.164. The van der Waals surface area contributed by atoms with Crippen LogP contribution in [0.4, 0.5) is 5.69 Å². The van der Waals surface area contributed by atoms with Crippen molar-refractivity contribution in [3.05, 3.63) is 131 Å². The number of nitrogens with two attached hydrogens (primary N) is 1. The van der Waals surface area contributed by atoms with Gasteiger partial charge in [-0.25, -0.2) is 0 Å². The number of carbonyl (C=O) groups excluding carboxylic acids is 1. The number of nitrogens with one attached hydrogen (secondary N) is 1. The molecule has 3 nitrogen and oxygen atoms in total. The van der Waals surface area contributed by atoms with Gasteiger partial charge in [0.05, 0.1) is 10.4 Å². The van der Waals surface area contributed by atoms with Gasteiger partial charge in [-0.05, 0) is 57.5 Å². The highest BCUT2D eigenvalue weighted by atomic mass is 32.2. The summed E-state index contributed by atoms with van der Waals surface area (Å²) >= 11 is 1.43. The van der Waals surface area contributed by atoms with Crippen molar-refractivity contribution in [1.29, 1.82) is 0 Å². The van der Waals surface area contributed by atoms with Gasteiger partial charge in [0.15, 0.2) is 0 Å². The molecule has 0 aromatic heterocycles. The largest absolute Gasteiger partial charge is 0.399 e. The van der Waals surface area contributed by atoms with E-state index in [-0.39, 0.29) is 11.8 Å². The standard InChI is InChI=1S/C32H32N2OS/c1-22(28-17-11-16-26-20-27(33)18-19-29(26)28)21-36-23(2)34-31(35)32(3,4)30(24-12-7-5-8-13-24)25-14-9-6-10-15-25/h5-21,30H,2,33H2,1,3-4H3,(H,34,35)/b22-21+. The Morgan fingerprint density at radius 2 is 1.53 bits per heavy atom. The Morgan fingerprint density at radius 3 is 2.14 bits per heavy atom. The summed E-state index contributed by atoms with van der Waals surface area (Å²) in [6.07, 6.45) is 0. The van der Waals surface area contributed by atoms with Gasteiger partial charge in [-0.1, -0.05) is 117 Å². The second-order valence-corrected chi connectivity index (χ2v) is 10.5. The number of fused-ring (bicyclic) bond motifs is 1. The highest BCUT2D eigenvalue weighted by Gasteiger charge is 2.38. The molecule has 0 radical (unpaired) electrons. The molecule has 4 rings (SSSR count). The Morgan fingerprint density at radius 1 is 0.917 bits per heavy atom. The quantitative estimate of drug-likeness (QED) is 0.245. The number of amides is 1. The van der Waals surface area contributed by atoms with Crippen LogP contribution in [0.1, 0.15) is 43.4 Å². The first-order chi connectivity index (χ1) is 17.3. The predicted octanol–water partition coefficient (Wildman–Crippen LogP) is 7.96. The Bertz CT molecular complexity index is 1370. The van der Waals surface area contributed by atoms with E-state index in [2.05, 4.69) is 61.3 Å². The molecule has 0 fully saturated rings. The Hall–Kier alpha value is -3.76. The first-order valence-corrected chi connectivity index (χ1v) is 12.9. The topological polar surface area (TPSA) is 55.1 Å². The predicted molar refractivity (Wildman–Crippen MR) is 155 cm³/mol. The smallest absolute Gasteiger partial charge is 0.231 e. The monoisotopic (exact) mass is 492 g/mol. The SMILES string of the molecule is C=C(NC(=O)C(C)(C)C(c1ccccc1)c1ccccc1)S/C=C(\C)c1cccc2cc(N)ccc12. The Labute approximate surface area is 218 Å². The molecule has 182 valence electrons. The van der Waals surface area contributed by atoms with E-state index in [4.69, 9.17) is 5.73 Å². The molecule has 1 amide bonds. The van der Waals surface area contributed by atoms with Crippen LogP contribution in [0.5, 0.6) is 0 Å². The molecule has 0 unspecified atom stereocenters. The molecule has 0 bridgehead atoms. The number of thioether (sulfide) groups is 1. The van der Waals surface area contributed by atoms with E-state index in [0.717, 1.165) is 38.7 Å². The second-order valence-electron chi connectivity index (χ2n) is 9.56. The van der Waals surface area contributed by atoms with Crippen LogP contribution in [0.2, 0.25) is 0 Å². The third-order valence-corrected chi connectivity index (χ3v) is 7.39. The van der Waals surface area contributed by atoms with Crippen LogP contribution in [0.25, 0.3) is 16.3 Å². The summed E-state index contributed by atoms with van der Waals surface area (Å²) in [5, 5.41) is 7.94.